The second kappa shape index (κ2) is 10.9. The SMILES string of the molecule is CCOc1ccc(NC(=O)CSc2nnc(Cc3cc(=O)[nH]c(=O)[nH]3)n2-c2cccc(C)c2)cc1. The number of aromatic nitrogens is 5. The highest BCUT2D eigenvalue weighted by molar-refractivity contribution is 7.99. The van der Waals surface area contributed by atoms with Crippen LogP contribution in [0.3, 0.4) is 0 Å². The molecule has 0 aliphatic heterocycles. The molecule has 4 rings (SSSR count). The van der Waals surface area contributed by atoms with Gasteiger partial charge < -0.3 is 15.0 Å². The van der Waals surface area contributed by atoms with E-state index >= 15 is 0 Å². The van der Waals surface area contributed by atoms with Gasteiger partial charge in [-0.3, -0.25) is 19.1 Å². The fourth-order valence-corrected chi connectivity index (χ4v) is 4.22. The van der Waals surface area contributed by atoms with Crippen LogP contribution in [0.4, 0.5) is 5.69 Å². The van der Waals surface area contributed by atoms with Gasteiger partial charge in [-0.05, 0) is 55.8 Å². The van der Waals surface area contributed by atoms with Crippen molar-refractivity contribution in [2.24, 2.45) is 0 Å². The van der Waals surface area contributed by atoms with Gasteiger partial charge in [0, 0.05) is 29.6 Å². The normalized spacial score (nSPS) is 10.8. The Morgan fingerprint density at radius 1 is 1.09 bits per heavy atom. The summed E-state index contributed by atoms with van der Waals surface area (Å²) >= 11 is 1.24. The Balaban J connectivity index is 1.54. The molecule has 0 bridgehead atoms. The van der Waals surface area contributed by atoms with E-state index < -0.39 is 11.2 Å². The van der Waals surface area contributed by atoms with Crippen LogP contribution in [0.1, 0.15) is 24.0 Å². The second-order valence-electron chi connectivity index (χ2n) is 7.66. The van der Waals surface area contributed by atoms with Crippen LogP contribution in [-0.4, -0.2) is 43.0 Å². The van der Waals surface area contributed by atoms with E-state index in [0.29, 0.717) is 29.0 Å². The van der Waals surface area contributed by atoms with Crippen molar-refractivity contribution >= 4 is 23.4 Å². The molecular formula is C24H24N6O4S. The molecule has 35 heavy (non-hydrogen) atoms. The van der Waals surface area contributed by atoms with Crippen molar-refractivity contribution in [2.45, 2.75) is 25.4 Å². The predicted octanol–water partition coefficient (Wildman–Crippen LogP) is 2.67. The lowest BCUT2D eigenvalue weighted by molar-refractivity contribution is -0.113. The van der Waals surface area contributed by atoms with Crippen LogP contribution in [-0.2, 0) is 11.2 Å². The maximum Gasteiger partial charge on any atom is 0.325 e. The standard InChI is InChI=1S/C24H24N6O4S/c1-3-34-19-9-7-16(8-10-19)25-22(32)14-35-24-29-28-20(12-17-13-21(31)27-23(33)26-17)30(24)18-6-4-5-15(2)11-18/h4-11,13H,3,12,14H2,1-2H3,(H,25,32)(H2,26,27,31,33). The first-order chi connectivity index (χ1) is 16.9. The lowest BCUT2D eigenvalue weighted by Gasteiger charge is -2.11. The molecule has 3 N–H and O–H groups in total. The van der Waals surface area contributed by atoms with Crippen molar-refractivity contribution in [3.63, 3.8) is 0 Å². The molecule has 0 spiro atoms. The van der Waals surface area contributed by atoms with Crippen LogP contribution in [0.2, 0.25) is 0 Å². The van der Waals surface area contributed by atoms with Crippen LogP contribution in [0.5, 0.6) is 5.75 Å². The van der Waals surface area contributed by atoms with Crippen LogP contribution in [0, 0.1) is 6.92 Å². The number of carbonyl (C=O) groups is 1. The predicted molar refractivity (Wildman–Crippen MR) is 134 cm³/mol. The largest absolute Gasteiger partial charge is 0.494 e. The summed E-state index contributed by atoms with van der Waals surface area (Å²) in [7, 11) is 0. The molecule has 0 saturated carbocycles. The third kappa shape index (κ3) is 6.27. The summed E-state index contributed by atoms with van der Waals surface area (Å²) < 4.78 is 7.24. The molecule has 0 unspecified atom stereocenters. The van der Waals surface area contributed by atoms with E-state index in [9.17, 15) is 14.4 Å². The maximum atomic E-state index is 12.6. The van der Waals surface area contributed by atoms with E-state index in [4.69, 9.17) is 4.74 Å². The van der Waals surface area contributed by atoms with Crippen molar-refractivity contribution in [3.05, 3.63) is 92.5 Å². The van der Waals surface area contributed by atoms with Crippen LogP contribution in [0.15, 0.2) is 69.3 Å². The number of anilines is 1. The number of aryl methyl sites for hydroxylation is 1. The average molecular weight is 493 g/mol. The summed E-state index contributed by atoms with van der Waals surface area (Å²) in [5, 5.41) is 11.9. The molecule has 2 aromatic heterocycles. The number of benzene rings is 2. The summed E-state index contributed by atoms with van der Waals surface area (Å²) in [6, 6.07) is 16.2. The molecule has 0 aliphatic carbocycles. The number of rotatable bonds is 9. The summed E-state index contributed by atoms with van der Waals surface area (Å²) in [5.41, 5.74) is 1.84. The van der Waals surface area contributed by atoms with Crippen LogP contribution < -0.4 is 21.3 Å². The Hall–Kier alpha value is -4.12. The molecule has 4 aromatic rings. The molecule has 11 heteroatoms. The van der Waals surface area contributed by atoms with E-state index in [-0.39, 0.29) is 18.1 Å². The van der Waals surface area contributed by atoms with Gasteiger partial charge >= 0.3 is 5.69 Å². The fraction of sp³-hybridized carbons (Fsp3) is 0.208. The summed E-state index contributed by atoms with van der Waals surface area (Å²) in [5.74, 6) is 1.17. The van der Waals surface area contributed by atoms with Gasteiger partial charge in [0.25, 0.3) is 5.56 Å². The monoisotopic (exact) mass is 492 g/mol. The first kappa shape index (κ1) is 24.0. The Bertz CT molecular complexity index is 1410. The Kier molecular flexibility index (Phi) is 7.46. The first-order valence-electron chi connectivity index (χ1n) is 10.9. The zero-order valence-corrected chi connectivity index (χ0v) is 20.0. The molecule has 10 nitrogen and oxygen atoms in total. The van der Waals surface area contributed by atoms with E-state index in [1.54, 1.807) is 24.3 Å². The van der Waals surface area contributed by atoms with Gasteiger partial charge in [-0.15, -0.1) is 10.2 Å². The van der Waals surface area contributed by atoms with Gasteiger partial charge in [-0.25, -0.2) is 4.79 Å². The van der Waals surface area contributed by atoms with Crippen molar-refractivity contribution < 1.29 is 9.53 Å². The average Bonchev–Trinajstić information content (AvgIpc) is 3.21. The van der Waals surface area contributed by atoms with Gasteiger partial charge in [0.05, 0.1) is 12.4 Å². The molecule has 0 aliphatic rings. The van der Waals surface area contributed by atoms with Gasteiger partial charge in [-0.2, -0.15) is 0 Å². The molecule has 0 fully saturated rings. The number of amides is 1. The maximum absolute atomic E-state index is 12.6. The highest BCUT2D eigenvalue weighted by atomic mass is 32.2. The number of aromatic amines is 2. The number of thioether (sulfide) groups is 1. The highest BCUT2D eigenvalue weighted by Crippen LogP contribution is 2.24. The van der Waals surface area contributed by atoms with Crippen LogP contribution in [0.25, 0.3) is 5.69 Å². The minimum absolute atomic E-state index is 0.110. The minimum Gasteiger partial charge on any atom is -0.494 e. The van der Waals surface area contributed by atoms with Gasteiger partial charge in [0.15, 0.2) is 5.16 Å². The fourth-order valence-electron chi connectivity index (χ4n) is 3.45. The number of H-pyrrole nitrogens is 2. The third-order valence-corrected chi connectivity index (χ3v) is 5.84. The van der Waals surface area contributed by atoms with E-state index in [0.717, 1.165) is 17.0 Å². The lowest BCUT2D eigenvalue weighted by Crippen LogP contribution is -2.23. The molecule has 180 valence electrons. The Labute approximate surface area is 204 Å². The topological polar surface area (TPSA) is 135 Å². The van der Waals surface area contributed by atoms with Gasteiger partial charge in [0.2, 0.25) is 5.91 Å². The van der Waals surface area contributed by atoms with Crippen molar-refractivity contribution in [1.29, 1.82) is 0 Å². The van der Waals surface area contributed by atoms with Crippen molar-refractivity contribution in [1.82, 2.24) is 24.7 Å². The highest BCUT2D eigenvalue weighted by Gasteiger charge is 2.17. The Morgan fingerprint density at radius 3 is 2.60 bits per heavy atom. The number of carbonyl (C=O) groups excluding carboxylic acids is 1. The molecule has 2 aromatic carbocycles. The zero-order valence-electron chi connectivity index (χ0n) is 19.2. The molecule has 0 radical (unpaired) electrons. The third-order valence-electron chi connectivity index (χ3n) is 4.91. The number of nitrogens with zero attached hydrogens (tertiary/aromatic N) is 3. The summed E-state index contributed by atoms with van der Waals surface area (Å²) in [6.45, 7) is 4.45. The van der Waals surface area contributed by atoms with Gasteiger partial charge in [0.1, 0.15) is 11.6 Å². The Morgan fingerprint density at radius 2 is 1.89 bits per heavy atom. The number of ether oxygens (including phenoxy) is 1. The second-order valence-corrected chi connectivity index (χ2v) is 8.60. The number of hydrogen-bond acceptors (Lipinski definition) is 7. The smallest absolute Gasteiger partial charge is 0.325 e. The lowest BCUT2D eigenvalue weighted by atomic mass is 10.2. The number of hydrogen-bond donors (Lipinski definition) is 3. The molecule has 1 amide bonds. The van der Waals surface area contributed by atoms with Gasteiger partial charge in [-0.1, -0.05) is 23.9 Å². The van der Waals surface area contributed by atoms with Crippen molar-refractivity contribution in [2.75, 3.05) is 17.7 Å². The quantitative estimate of drug-likeness (QED) is 0.306. The van der Waals surface area contributed by atoms with E-state index in [1.807, 2.05) is 42.7 Å². The van der Waals surface area contributed by atoms with E-state index in [1.165, 1.54) is 17.8 Å². The molecule has 2 heterocycles. The molecular weight excluding hydrogens is 468 g/mol. The molecule has 0 saturated heterocycles. The zero-order chi connectivity index (χ0) is 24.8. The van der Waals surface area contributed by atoms with E-state index in [2.05, 4.69) is 25.5 Å². The summed E-state index contributed by atoms with van der Waals surface area (Å²) in [4.78, 5) is 40.7. The number of nitrogens with one attached hydrogen (secondary N) is 3. The first-order valence-corrected chi connectivity index (χ1v) is 11.9. The van der Waals surface area contributed by atoms with Crippen molar-refractivity contribution in [3.8, 4) is 11.4 Å². The molecule has 0 atom stereocenters. The van der Waals surface area contributed by atoms with Crippen LogP contribution >= 0.6 is 11.8 Å². The minimum atomic E-state index is -0.588. The summed E-state index contributed by atoms with van der Waals surface area (Å²) in [6.07, 6.45) is 0.180.